The molecule has 1 N–H and O–H groups in total. The van der Waals surface area contributed by atoms with Gasteiger partial charge in [-0.2, -0.15) is 11.8 Å². The Bertz CT molecular complexity index is 734. The molecule has 0 unspecified atom stereocenters. The smallest absolute Gasteiger partial charge is 0.242 e. The number of hydrogen-bond donors (Lipinski definition) is 1. The van der Waals surface area contributed by atoms with Crippen LogP contribution >= 0.6 is 35.7 Å². The first-order valence-corrected chi connectivity index (χ1v) is 11.3. The minimum Gasteiger partial charge on any atom is -0.357 e. The summed E-state index contributed by atoms with van der Waals surface area (Å²) in [5, 5.41) is 3.38. The van der Waals surface area contributed by atoms with Crippen LogP contribution in [0.25, 0.3) is 0 Å². The first-order chi connectivity index (χ1) is 12.2. The molecule has 27 heavy (non-hydrogen) atoms. The zero-order chi connectivity index (χ0) is 19.4. The molecule has 0 bridgehead atoms. The van der Waals surface area contributed by atoms with Gasteiger partial charge in [0.25, 0.3) is 0 Å². The summed E-state index contributed by atoms with van der Waals surface area (Å²) in [6.07, 6.45) is 0. The predicted molar refractivity (Wildman–Crippen MR) is 126 cm³/mol. The average Bonchev–Trinajstić information content (AvgIpc) is 2.58. The molecule has 0 saturated carbocycles. The van der Waals surface area contributed by atoms with E-state index in [0.29, 0.717) is 11.4 Å². The van der Waals surface area contributed by atoms with Crippen molar-refractivity contribution < 1.29 is 8.42 Å². The van der Waals surface area contributed by atoms with Crippen LogP contribution in [0.4, 0.5) is 0 Å². The van der Waals surface area contributed by atoms with Crippen molar-refractivity contribution in [3.8, 4) is 0 Å². The summed E-state index contributed by atoms with van der Waals surface area (Å²) < 4.78 is 25.7. The van der Waals surface area contributed by atoms with Gasteiger partial charge in [-0.05, 0) is 38.5 Å². The number of guanidine groups is 1. The molecule has 0 aliphatic carbocycles. The number of sulfonamides is 1. The summed E-state index contributed by atoms with van der Waals surface area (Å²) in [7, 11) is -0.316. The second-order valence-electron chi connectivity index (χ2n) is 7.13. The van der Waals surface area contributed by atoms with Crippen molar-refractivity contribution in [2.24, 2.45) is 4.99 Å². The molecule has 2 rings (SSSR count). The van der Waals surface area contributed by atoms with Crippen molar-refractivity contribution in [2.75, 3.05) is 39.5 Å². The molecule has 1 saturated heterocycles. The molecule has 0 atom stereocenters. The molecule has 0 spiro atoms. The fourth-order valence-electron chi connectivity index (χ4n) is 2.77. The van der Waals surface area contributed by atoms with Gasteiger partial charge in [0.1, 0.15) is 0 Å². The van der Waals surface area contributed by atoms with E-state index in [9.17, 15) is 8.42 Å². The van der Waals surface area contributed by atoms with E-state index in [-0.39, 0.29) is 28.7 Å². The number of thioether (sulfide) groups is 1. The van der Waals surface area contributed by atoms with Crippen LogP contribution in [0.1, 0.15) is 26.3 Å². The summed E-state index contributed by atoms with van der Waals surface area (Å²) in [5.41, 5.74) is 0.990. The molecule has 0 amide bonds. The highest BCUT2D eigenvalue weighted by molar-refractivity contribution is 14.0. The molecule has 1 aromatic carbocycles. The zero-order valence-electron chi connectivity index (χ0n) is 16.7. The third kappa shape index (κ3) is 6.79. The van der Waals surface area contributed by atoms with Crippen LogP contribution in [0.5, 0.6) is 0 Å². The van der Waals surface area contributed by atoms with E-state index in [2.05, 4.69) is 31.0 Å². The quantitative estimate of drug-likeness (QED) is 0.363. The van der Waals surface area contributed by atoms with Gasteiger partial charge in [0.05, 0.1) is 11.4 Å². The number of nitrogens with zero attached hydrogens (tertiary/aromatic N) is 3. The van der Waals surface area contributed by atoms with E-state index in [1.165, 1.54) is 18.4 Å². The van der Waals surface area contributed by atoms with Gasteiger partial charge >= 0.3 is 0 Å². The normalized spacial score (nSPS) is 17.6. The van der Waals surface area contributed by atoms with Crippen molar-refractivity contribution >= 4 is 51.7 Å². The highest BCUT2D eigenvalue weighted by Gasteiger charge is 2.28. The molecule has 9 heteroatoms. The van der Waals surface area contributed by atoms with E-state index in [1.807, 2.05) is 23.9 Å². The zero-order valence-corrected chi connectivity index (χ0v) is 20.7. The fraction of sp³-hybridized carbons (Fsp3) is 0.611. The van der Waals surface area contributed by atoms with Crippen molar-refractivity contribution in [1.82, 2.24) is 14.5 Å². The van der Waals surface area contributed by atoms with Crippen molar-refractivity contribution in [1.29, 1.82) is 0 Å². The lowest BCUT2D eigenvalue weighted by atomic mass is 10.2. The Kier molecular flexibility index (Phi) is 9.36. The van der Waals surface area contributed by atoms with Crippen LogP contribution in [0.2, 0.25) is 0 Å². The Morgan fingerprint density at radius 2 is 1.93 bits per heavy atom. The Morgan fingerprint density at radius 1 is 1.30 bits per heavy atom. The largest absolute Gasteiger partial charge is 0.357 e. The maximum atomic E-state index is 12.1. The number of aliphatic imine (C=N–C) groups is 1. The standard InChI is InChI=1S/C18H30N4O2S2.HI/c1-6-19-17(22-11-12-25-18(2,3)14-22)20-13-15-7-9-16(10-8-15)26(23,24)21(4)5;/h7-10H,6,11-14H2,1-5H3,(H,19,20);1H. The van der Waals surface area contributed by atoms with Gasteiger partial charge in [0.2, 0.25) is 10.0 Å². The third-order valence-electron chi connectivity index (χ3n) is 4.17. The molecule has 6 nitrogen and oxygen atoms in total. The van der Waals surface area contributed by atoms with Crippen molar-refractivity contribution in [2.45, 2.75) is 37.0 Å². The van der Waals surface area contributed by atoms with Crippen molar-refractivity contribution in [3.05, 3.63) is 29.8 Å². The van der Waals surface area contributed by atoms with Crippen LogP contribution in [0, 0.1) is 0 Å². The van der Waals surface area contributed by atoms with E-state index < -0.39 is 10.0 Å². The van der Waals surface area contributed by atoms with Gasteiger partial charge in [-0.1, -0.05) is 12.1 Å². The summed E-state index contributed by atoms with van der Waals surface area (Å²) >= 11 is 1.99. The van der Waals surface area contributed by atoms with Crippen LogP contribution in [0.3, 0.4) is 0 Å². The second kappa shape index (κ2) is 10.3. The van der Waals surface area contributed by atoms with Gasteiger partial charge < -0.3 is 10.2 Å². The molecule has 154 valence electrons. The predicted octanol–water partition coefficient (Wildman–Crippen LogP) is 2.85. The number of rotatable bonds is 5. The Morgan fingerprint density at radius 3 is 2.44 bits per heavy atom. The first kappa shape index (κ1) is 24.5. The number of nitrogens with one attached hydrogen (secondary N) is 1. The fourth-order valence-corrected chi connectivity index (χ4v) is 4.78. The topological polar surface area (TPSA) is 65.0 Å². The molecule has 0 radical (unpaired) electrons. The number of halogens is 1. The maximum Gasteiger partial charge on any atom is 0.242 e. The van der Waals surface area contributed by atoms with E-state index >= 15 is 0 Å². The third-order valence-corrected chi connectivity index (χ3v) is 7.30. The minimum absolute atomic E-state index is 0. The lowest BCUT2D eigenvalue weighted by Gasteiger charge is -2.39. The van der Waals surface area contributed by atoms with Gasteiger partial charge in [0.15, 0.2) is 5.96 Å². The van der Waals surface area contributed by atoms with E-state index in [4.69, 9.17) is 4.99 Å². The Labute approximate surface area is 185 Å². The molecule has 1 heterocycles. The molecule has 1 aromatic rings. The van der Waals surface area contributed by atoms with Gasteiger partial charge in [-0.15, -0.1) is 24.0 Å². The highest BCUT2D eigenvalue weighted by Crippen LogP contribution is 2.29. The maximum absolute atomic E-state index is 12.1. The second-order valence-corrected chi connectivity index (χ2v) is 11.1. The first-order valence-electron chi connectivity index (χ1n) is 8.84. The molecular formula is C18H31IN4O2S2. The number of hydrogen-bond acceptors (Lipinski definition) is 4. The highest BCUT2D eigenvalue weighted by atomic mass is 127. The lowest BCUT2D eigenvalue weighted by Crippen LogP contribution is -2.50. The Balaban J connectivity index is 0.00000364. The number of benzene rings is 1. The molecule has 1 aliphatic rings. The average molecular weight is 527 g/mol. The van der Waals surface area contributed by atoms with Crippen LogP contribution < -0.4 is 5.32 Å². The molecule has 0 aromatic heterocycles. The lowest BCUT2D eigenvalue weighted by molar-refractivity contribution is 0.376. The van der Waals surface area contributed by atoms with Gasteiger partial charge in [-0.3, -0.25) is 0 Å². The minimum atomic E-state index is -3.39. The molecular weight excluding hydrogens is 495 g/mol. The van der Waals surface area contributed by atoms with Crippen LogP contribution in [0.15, 0.2) is 34.2 Å². The molecule has 1 fully saturated rings. The summed E-state index contributed by atoms with van der Waals surface area (Å²) in [4.78, 5) is 7.38. The molecule has 1 aliphatic heterocycles. The van der Waals surface area contributed by atoms with Gasteiger partial charge in [-0.25, -0.2) is 17.7 Å². The van der Waals surface area contributed by atoms with Crippen LogP contribution in [-0.2, 0) is 16.6 Å². The van der Waals surface area contributed by atoms with Crippen LogP contribution in [-0.4, -0.2) is 67.8 Å². The monoisotopic (exact) mass is 526 g/mol. The van der Waals surface area contributed by atoms with E-state index in [1.54, 1.807) is 12.1 Å². The van der Waals surface area contributed by atoms with Crippen molar-refractivity contribution in [3.63, 3.8) is 0 Å². The summed E-state index contributed by atoms with van der Waals surface area (Å²) in [5.74, 6) is 2.01. The van der Waals surface area contributed by atoms with Gasteiger partial charge in [0, 0.05) is 44.2 Å². The summed E-state index contributed by atoms with van der Waals surface area (Å²) in [6.45, 7) is 9.88. The summed E-state index contributed by atoms with van der Waals surface area (Å²) in [6, 6.07) is 6.96. The van der Waals surface area contributed by atoms with E-state index in [0.717, 1.165) is 36.9 Å². The Hall–Kier alpha value is -0.520. The SMILES string of the molecule is CCNC(=NCc1ccc(S(=O)(=O)N(C)C)cc1)N1CCSC(C)(C)C1.I.